The molecule has 5 nitrogen and oxygen atoms in total. The molecule has 1 aliphatic rings. The Kier molecular flexibility index (Phi) is 2.25. The molecule has 84 valence electrons. The van der Waals surface area contributed by atoms with E-state index in [1.165, 1.54) is 12.8 Å². The van der Waals surface area contributed by atoms with Crippen molar-refractivity contribution >= 4 is 0 Å². The zero-order chi connectivity index (χ0) is 11.0. The van der Waals surface area contributed by atoms with Crippen molar-refractivity contribution in [3.8, 4) is 0 Å². The molecule has 5 heteroatoms. The zero-order valence-electron chi connectivity index (χ0n) is 8.83. The summed E-state index contributed by atoms with van der Waals surface area (Å²) in [5.41, 5.74) is 0.853. The minimum atomic E-state index is 0.0244. The maximum Gasteiger partial charge on any atom is 0.246 e. The molecule has 2 aromatic rings. The lowest BCUT2D eigenvalue weighted by atomic mass is 10.4. The second kappa shape index (κ2) is 3.75. The van der Waals surface area contributed by atoms with Gasteiger partial charge < -0.3 is 14.2 Å². The van der Waals surface area contributed by atoms with E-state index in [2.05, 4.69) is 10.1 Å². The van der Waals surface area contributed by atoms with Crippen molar-refractivity contribution in [3.63, 3.8) is 0 Å². The summed E-state index contributed by atoms with van der Waals surface area (Å²) in [7, 11) is 0. The van der Waals surface area contributed by atoms with Crippen molar-refractivity contribution in [3.05, 3.63) is 35.7 Å². The van der Waals surface area contributed by atoms with Crippen LogP contribution >= 0.6 is 0 Å². The molecule has 0 radical (unpaired) electrons. The Hall–Kier alpha value is -1.62. The van der Waals surface area contributed by atoms with Crippen LogP contribution in [-0.4, -0.2) is 19.8 Å². The highest BCUT2D eigenvalue weighted by Crippen LogP contribution is 2.38. The van der Waals surface area contributed by atoms with Gasteiger partial charge in [0.1, 0.15) is 6.54 Å². The lowest BCUT2D eigenvalue weighted by molar-refractivity contribution is 0.269. The summed E-state index contributed by atoms with van der Waals surface area (Å²) in [6.45, 7) is 0.555. The van der Waals surface area contributed by atoms with E-state index >= 15 is 0 Å². The standard InChI is InChI=1S/C11H13N3O2/c15-7-9-2-1-5-14(9)6-10-12-11(13-16-10)8-3-4-8/h1-2,5,8,15H,3-4,6-7H2. The summed E-state index contributed by atoms with van der Waals surface area (Å²) >= 11 is 0. The van der Waals surface area contributed by atoms with Gasteiger partial charge in [0.25, 0.3) is 0 Å². The van der Waals surface area contributed by atoms with Gasteiger partial charge in [0.05, 0.1) is 6.61 Å². The van der Waals surface area contributed by atoms with E-state index in [4.69, 9.17) is 9.63 Å². The lowest BCUT2D eigenvalue weighted by Gasteiger charge is -2.02. The number of hydrogen-bond acceptors (Lipinski definition) is 4. The minimum Gasteiger partial charge on any atom is -0.390 e. The summed E-state index contributed by atoms with van der Waals surface area (Å²) in [4.78, 5) is 4.34. The molecule has 1 N–H and O–H groups in total. The van der Waals surface area contributed by atoms with Crippen LogP contribution in [0.1, 0.15) is 36.2 Å². The molecule has 0 saturated heterocycles. The topological polar surface area (TPSA) is 64.1 Å². The molecule has 0 atom stereocenters. The Balaban J connectivity index is 1.77. The van der Waals surface area contributed by atoms with Crippen LogP contribution < -0.4 is 0 Å². The first kappa shape index (κ1) is 9.59. The van der Waals surface area contributed by atoms with Gasteiger partial charge in [0, 0.05) is 17.8 Å². The summed E-state index contributed by atoms with van der Waals surface area (Å²) in [5, 5.41) is 13.1. The molecule has 1 aliphatic carbocycles. The van der Waals surface area contributed by atoms with Gasteiger partial charge in [-0.3, -0.25) is 0 Å². The lowest BCUT2D eigenvalue weighted by Crippen LogP contribution is -2.03. The van der Waals surface area contributed by atoms with Gasteiger partial charge in [-0.1, -0.05) is 5.16 Å². The molecule has 16 heavy (non-hydrogen) atoms. The van der Waals surface area contributed by atoms with E-state index in [1.807, 2.05) is 22.9 Å². The van der Waals surface area contributed by atoms with Crippen LogP contribution in [0.15, 0.2) is 22.9 Å². The fraction of sp³-hybridized carbons (Fsp3) is 0.455. The van der Waals surface area contributed by atoms with E-state index in [9.17, 15) is 0 Å². The van der Waals surface area contributed by atoms with Gasteiger partial charge in [0.2, 0.25) is 5.89 Å². The van der Waals surface area contributed by atoms with Crippen LogP contribution in [0.25, 0.3) is 0 Å². The molecule has 0 aliphatic heterocycles. The van der Waals surface area contributed by atoms with Crippen molar-refractivity contribution in [1.29, 1.82) is 0 Å². The van der Waals surface area contributed by atoms with Gasteiger partial charge in [0.15, 0.2) is 5.82 Å². The smallest absolute Gasteiger partial charge is 0.246 e. The highest BCUT2D eigenvalue weighted by molar-refractivity contribution is 5.08. The molecule has 1 fully saturated rings. The summed E-state index contributed by atoms with van der Waals surface area (Å²) < 4.78 is 7.08. The molecular formula is C11H13N3O2. The van der Waals surface area contributed by atoms with Crippen molar-refractivity contribution in [1.82, 2.24) is 14.7 Å². The molecular weight excluding hydrogens is 206 g/mol. The molecule has 0 aromatic carbocycles. The Morgan fingerprint density at radius 2 is 2.38 bits per heavy atom. The van der Waals surface area contributed by atoms with Gasteiger partial charge in [-0.25, -0.2) is 0 Å². The molecule has 0 unspecified atom stereocenters. The third-order valence-corrected chi connectivity index (χ3v) is 2.82. The number of hydrogen-bond donors (Lipinski definition) is 1. The molecule has 1 saturated carbocycles. The monoisotopic (exact) mass is 219 g/mol. The zero-order valence-corrected chi connectivity index (χ0v) is 8.83. The van der Waals surface area contributed by atoms with Crippen molar-refractivity contribution in [2.45, 2.75) is 31.9 Å². The first-order valence-corrected chi connectivity index (χ1v) is 5.44. The first-order valence-electron chi connectivity index (χ1n) is 5.44. The highest BCUT2D eigenvalue weighted by atomic mass is 16.5. The summed E-state index contributed by atoms with van der Waals surface area (Å²) in [6, 6.07) is 3.77. The maximum atomic E-state index is 9.10. The Morgan fingerprint density at radius 3 is 3.12 bits per heavy atom. The van der Waals surface area contributed by atoms with Crippen LogP contribution in [0.2, 0.25) is 0 Å². The predicted octanol–water partition coefficient (Wildman–Crippen LogP) is 1.29. The third kappa shape index (κ3) is 1.74. The van der Waals surface area contributed by atoms with E-state index in [1.54, 1.807) is 0 Å². The first-order chi connectivity index (χ1) is 7.86. The average molecular weight is 219 g/mol. The Labute approximate surface area is 92.7 Å². The van der Waals surface area contributed by atoms with E-state index in [0.29, 0.717) is 18.4 Å². The maximum absolute atomic E-state index is 9.10. The molecule has 2 aromatic heterocycles. The van der Waals surface area contributed by atoms with Gasteiger partial charge in [-0.05, 0) is 25.0 Å². The van der Waals surface area contributed by atoms with Gasteiger partial charge in [-0.2, -0.15) is 4.98 Å². The Bertz CT molecular complexity index is 485. The molecule has 0 amide bonds. The Morgan fingerprint density at radius 1 is 1.50 bits per heavy atom. The van der Waals surface area contributed by atoms with E-state index in [0.717, 1.165) is 11.5 Å². The summed E-state index contributed by atoms with van der Waals surface area (Å²) in [6.07, 6.45) is 4.24. The highest BCUT2D eigenvalue weighted by Gasteiger charge is 2.28. The third-order valence-electron chi connectivity index (χ3n) is 2.82. The second-order valence-electron chi connectivity index (χ2n) is 4.11. The van der Waals surface area contributed by atoms with Gasteiger partial charge >= 0.3 is 0 Å². The van der Waals surface area contributed by atoms with Crippen LogP contribution in [0.3, 0.4) is 0 Å². The van der Waals surface area contributed by atoms with Crippen LogP contribution in [-0.2, 0) is 13.2 Å². The molecule has 2 heterocycles. The van der Waals surface area contributed by atoms with Crippen LogP contribution in [0, 0.1) is 0 Å². The van der Waals surface area contributed by atoms with E-state index < -0.39 is 0 Å². The van der Waals surface area contributed by atoms with Crippen molar-refractivity contribution < 1.29 is 9.63 Å². The molecule has 0 spiro atoms. The normalized spacial score (nSPS) is 15.6. The fourth-order valence-electron chi connectivity index (χ4n) is 1.73. The predicted molar refractivity (Wildman–Crippen MR) is 55.7 cm³/mol. The SMILES string of the molecule is OCc1cccn1Cc1nc(C2CC2)no1. The minimum absolute atomic E-state index is 0.0244. The molecule has 0 bridgehead atoms. The second-order valence-corrected chi connectivity index (χ2v) is 4.11. The number of aromatic nitrogens is 3. The van der Waals surface area contributed by atoms with E-state index in [-0.39, 0.29) is 6.61 Å². The van der Waals surface area contributed by atoms with Crippen molar-refractivity contribution in [2.75, 3.05) is 0 Å². The number of rotatable bonds is 4. The van der Waals surface area contributed by atoms with Crippen LogP contribution in [0.4, 0.5) is 0 Å². The van der Waals surface area contributed by atoms with Gasteiger partial charge in [-0.15, -0.1) is 0 Å². The average Bonchev–Trinajstić information content (AvgIpc) is 2.88. The fourth-order valence-corrected chi connectivity index (χ4v) is 1.73. The largest absolute Gasteiger partial charge is 0.390 e. The van der Waals surface area contributed by atoms with Crippen molar-refractivity contribution in [2.24, 2.45) is 0 Å². The quantitative estimate of drug-likeness (QED) is 0.841. The number of aliphatic hydroxyl groups excluding tert-OH is 1. The molecule has 3 rings (SSSR count). The number of nitrogens with zero attached hydrogens (tertiary/aromatic N) is 3. The number of aliphatic hydroxyl groups is 1. The van der Waals surface area contributed by atoms with Crippen LogP contribution in [0.5, 0.6) is 0 Å². The summed E-state index contributed by atoms with van der Waals surface area (Å²) in [5.74, 6) is 1.94.